The average molecular weight is 377 g/mol. The van der Waals surface area contributed by atoms with Crippen LogP contribution in [0, 0.1) is 13.8 Å². The van der Waals surface area contributed by atoms with Crippen molar-refractivity contribution in [2.45, 2.75) is 38.8 Å². The molecule has 2 aliphatic rings. The average Bonchev–Trinajstić information content (AvgIpc) is 3.27. The van der Waals surface area contributed by atoms with Crippen LogP contribution in [0.15, 0.2) is 60.7 Å². The van der Waals surface area contributed by atoms with E-state index in [4.69, 9.17) is 8.85 Å². The van der Waals surface area contributed by atoms with Crippen LogP contribution in [-0.2, 0) is 8.85 Å². The second kappa shape index (κ2) is 7.23. The Labute approximate surface area is 163 Å². The number of fused-ring (bicyclic) bond motifs is 3. The fourth-order valence-electron chi connectivity index (χ4n) is 4.68. The minimum atomic E-state index is -2.65. The van der Waals surface area contributed by atoms with Gasteiger partial charge in [-0.2, -0.15) is 0 Å². The van der Waals surface area contributed by atoms with Crippen molar-refractivity contribution in [1.29, 1.82) is 0 Å². The molecular weight excluding hydrogens is 348 g/mol. The SMILES string of the molecule is CCO[Si](OCC)(C1C=CC=C1)C1c2cc(C)ccc2-c2ccc(C)cc21. The lowest BCUT2D eigenvalue weighted by molar-refractivity contribution is 0.174. The monoisotopic (exact) mass is 376 g/mol. The first kappa shape index (κ1) is 18.4. The van der Waals surface area contributed by atoms with Gasteiger partial charge in [0.2, 0.25) is 0 Å². The first-order valence-electron chi connectivity index (χ1n) is 9.95. The molecule has 0 spiro atoms. The molecule has 0 unspecified atom stereocenters. The third-order valence-electron chi connectivity index (χ3n) is 5.68. The molecule has 3 heteroatoms. The lowest BCUT2D eigenvalue weighted by Crippen LogP contribution is -2.51. The fourth-order valence-corrected chi connectivity index (χ4v) is 8.87. The summed E-state index contributed by atoms with van der Waals surface area (Å²) in [4.78, 5) is 0. The molecule has 2 aromatic rings. The van der Waals surface area contributed by atoms with Crippen molar-refractivity contribution >= 4 is 8.56 Å². The van der Waals surface area contributed by atoms with Crippen LogP contribution in [0.2, 0.25) is 5.54 Å². The highest BCUT2D eigenvalue weighted by molar-refractivity contribution is 6.73. The summed E-state index contributed by atoms with van der Waals surface area (Å²) in [6.07, 6.45) is 8.79. The molecule has 0 aliphatic heterocycles. The molecule has 0 fully saturated rings. The first-order chi connectivity index (χ1) is 13.1. The lowest BCUT2D eigenvalue weighted by atomic mass is 10.0. The zero-order chi connectivity index (χ0) is 19.0. The molecule has 0 N–H and O–H groups in total. The predicted molar refractivity (Wildman–Crippen MR) is 114 cm³/mol. The third-order valence-corrected chi connectivity index (χ3v) is 9.90. The van der Waals surface area contributed by atoms with E-state index in [1.165, 1.54) is 33.4 Å². The number of rotatable bonds is 6. The number of aryl methyl sites for hydroxylation is 2. The van der Waals surface area contributed by atoms with Gasteiger partial charge in [0, 0.05) is 18.8 Å². The number of hydrogen-bond donors (Lipinski definition) is 0. The molecule has 0 saturated heterocycles. The van der Waals surface area contributed by atoms with Crippen LogP contribution in [0.1, 0.15) is 41.6 Å². The first-order valence-corrected chi connectivity index (χ1v) is 11.9. The van der Waals surface area contributed by atoms with Crippen LogP contribution >= 0.6 is 0 Å². The summed E-state index contributed by atoms with van der Waals surface area (Å²) in [5, 5.41) is 0. The summed E-state index contributed by atoms with van der Waals surface area (Å²) in [6.45, 7) is 9.86. The standard InChI is InChI=1S/C24H28O2Si/c1-5-25-27(26-6-2,19-9-7-8-10-19)24-22-15-17(3)11-13-20(22)21-14-12-18(4)16-23(21)24/h7-16,19,24H,5-6H2,1-4H3. The number of benzene rings is 2. The molecule has 27 heavy (non-hydrogen) atoms. The van der Waals surface area contributed by atoms with Crippen molar-refractivity contribution in [1.82, 2.24) is 0 Å². The Morgan fingerprint density at radius 1 is 0.778 bits per heavy atom. The smallest absolute Gasteiger partial charge is 0.361 e. The molecule has 2 aromatic carbocycles. The van der Waals surface area contributed by atoms with Crippen LogP contribution in [0.5, 0.6) is 0 Å². The van der Waals surface area contributed by atoms with E-state index < -0.39 is 8.56 Å². The number of hydrogen-bond acceptors (Lipinski definition) is 2. The Hall–Kier alpha value is -1.94. The van der Waals surface area contributed by atoms with Crippen molar-refractivity contribution in [3.05, 3.63) is 83.0 Å². The molecule has 2 aliphatic carbocycles. The van der Waals surface area contributed by atoms with Gasteiger partial charge in [-0.15, -0.1) is 0 Å². The van der Waals surface area contributed by atoms with Gasteiger partial charge >= 0.3 is 8.56 Å². The van der Waals surface area contributed by atoms with Gasteiger partial charge in [0.1, 0.15) is 0 Å². The molecule has 0 amide bonds. The van der Waals surface area contributed by atoms with Crippen molar-refractivity contribution in [3.63, 3.8) is 0 Å². The Bertz CT molecular complexity index is 843. The highest BCUT2D eigenvalue weighted by Gasteiger charge is 2.55. The molecule has 4 rings (SSSR count). The molecule has 0 bridgehead atoms. The second-order valence-electron chi connectivity index (χ2n) is 7.50. The molecular formula is C24H28O2Si. The van der Waals surface area contributed by atoms with Crippen LogP contribution in [-0.4, -0.2) is 21.8 Å². The summed E-state index contributed by atoms with van der Waals surface area (Å²) < 4.78 is 13.3. The van der Waals surface area contributed by atoms with E-state index in [1.807, 2.05) is 0 Å². The Morgan fingerprint density at radius 2 is 1.26 bits per heavy atom. The summed E-state index contributed by atoms with van der Waals surface area (Å²) in [5.41, 5.74) is 8.40. The molecule has 0 radical (unpaired) electrons. The Kier molecular flexibility index (Phi) is 4.93. The summed E-state index contributed by atoms with van der Waals surface area (Å²) >= 11 is 0. The summed E-state index contributed by atoms with van der Waals surface area (Å²) in [7, 11) is -2.65. The fraction of sp³-hybridized carbons (Fsp3) is 0.333. The van der Waals surface area contributed by atoms with Crippen molar-refractivity contribution < 1.29 is 8.85 Å². The van der Waals surface area contributed by atoms with Gasteiger partial charge in [0.15, 0.2) is 0 Å². The largest absolute Gasteiger partial charge is 0.393 e. The van der Waals surface area contributed by atoms with Gasteiger partial charge < -0.3 is 8.85 Å². The Balaban J connectivity index is 1.99. The lowest BCUT2D eigenvalue weighted by Gasteiger charge is -2.39. The van der Waals surface area contributed by atoms with Crippen LogP contribution in [0.4, 0.5) is 0 Å². The van der Waals surface area contributed by atoms with Gasteiger partial charge in [-0.05, 0) is 49.9 Å². The van der Waals surface area contributed by atoms with Gasteiger partial charge in [-0.1, -0.05) is 71.8 Å². The van der Waals surface area contributed by atoms with E-state index >= 15 is 0 Å². The van der Waals surface area contributed by atoms with Gasteiger partial charge in [-0.3, -0.25) is 0 Å². The van der Waals surface area contributed by atoms with E-state index in [0.29, 0.717) is 13.2 Å². The highest BCUT2D eigenvalue weighted by atomic mass is 28.4. The van der Waals surface area contributed by atoms with E-state index in [0.717, 1.165) is 0 Å². The highest BCUT2D eigenvalue weighted by Crippen LogP contribution is 2.53. The molecule has 140 valence electrons. The molecule has 2 nitrogen and oxygen atoms in total. The predicted octanol–water partition coefficient (Wildman–Crippen LogP) is 5.97. The van der Waals surface area contributed by atoms with E-state index in [1.54, 1.807) is 0 Å². The molecule has 0 atom stereocenters. The second-order valence-corrected chi connectivity index (χ2v) is 10.8. The Morgan fingerprint density at radius 3 is 1.70 bits per heavy atom. The van der Waals surface area contributed by atoms with Crippen molar-refractivity contribution in [2.24, 2.45) is 0 Å². The van der Waals surface area contributed by atoms with Crippen LogP contribution < -0.4 is 0 Å². The third kappa shape index (κ3) is 2.94. The quantitative estimate of drug-likeness (QED) is 0.579. The molecule has 0 aromatic heterocycles. The minimum absolute atomic E-state index is 0.180. The molecule has 0 heterocycles. The van der Waals surface area contributed by atoms with E-state index in [2.05, 4.69) is 88.4 Å². The van der Waals surface area contributed by atoms with E-state index in [-0.39, 0.29) is 11.1 Å². The maximum absolute atomic E-state index is 6.65. The zero-order valence-corrected chi connectivity index (χ0v) is 17.7. The van der Waals surface area contributed by atoms with Crippen molar-refractivity contribution in [2.75, 3.05) is 13.2 Å². The van der Waals surface area contributed by atoms with Gasteiger partial charge in [0.25, 0.3) is 0 Å². The summed E-state index contributed by atoms with van der Waals surface area (Å²) in [5.74, 6) is 0. The van der Waals surface area contributed by atoms with Crippen molar-refractivity contribution in [3.8, 4) is 11.1 Å². The topological polar surface area (TPSA) is 18.5 Å². The minimum Gasteiger partial charge on any atom is -0.393 e. The molecule has 0 saturated carbocycles. The van der Waals surface area contributed by atoms with Crippen LogP contribution in [0.25, 0.3) is 11.1 Å². The maximum Gasteiger partial charge on any atom is 0.361 e. The van der Waals surface area contributed by atoms with E-state index in [9.17, 15) is 0 Å². The zero-order valence-electron chi connectivity index (χ0n) is 16.7. The maximum atomic E-state index is 6.65. The van der Waals surface area contributed by atoms with Crippen LogP contribution in [0.3, 0.4) is 0 Å². The summed E-state index contributed by atoms with van der Waals surface area (Å²) in [6, 6.07) is 13.7. The normalized spacial score (nSPS) is 16.1. The van der Waals surface area contributed by atoms with Gasteiger partial charge in [0.05, 0.1) is 5.54 Å². The number of allylic oxidation sites excluding steroid dienone is 4. The van der Waals surface area contributed by atoms with Gasteiger partial charge in [-0.25, -0.2) is 0 Å².